The maximum absolute atomic E-state index is 12.8. The summed E-state index contributed by atoms with van der Waals surface area (Å²) >= 11 is 0. The molecule has 0 radical (unpaired) electrons. The number of rotatable bonds is 4. The van der Waals surface area contributed by atoms with Crippen LogP contribution in [-0.2, 0) is 6.42 Å². The van der Waals surface area contributed by atoms with E-state index in [1.165, 1.54) is 6.92 Å². The Morgan fingerprint density at radius 2 is 2.07 bits per heavy atom. The molecular weight excluding hydrogens is 181 g/mol. The minimum absolute atomic E-state index is 0.164. The van der Waals surface area contributed by atoms with Crippen molar-refractivity contribution in [2.75, 3.05) is 6.54 Å². The van der Waals surface area contributed by atoms with E-state index in [-0.39, 0.29) is 6.54 Å². The first-order valence-electron chi connectivity index (χ1n) is 4.75. The van der Waals surface area contributed by atoms with Crippen LogP contribution in [0.5, 0.6) is 0 Å². The third-order valence-electron chi connectivity index (χ3n) is 2.14. The Kier molecular flexibility index (Phi) is 4.04. The van der Waals surface area contributed by atoms with Crippen molar-refractivity contribution >= 4 is 0 Å². The maximum Gasteiger partial charge on any atom is 0.101 e. The minimum Gasteiger partial charge on any atom is -0.387 e. The van der Waals surface area contributed by atoms with Gasteiger partial charge in [-0.15, -0.1) is 0 Å². The van der Waals surface area contributed by atoms with Crippen LogP contribution < -0.4 is 5.73 Å². The molecule has 0 spiro atoms. The van der Waals surface area contributed by atoms with Crippen LogP contribution in [0.2, 0.25) is 0 Å². The molecule has 2 nitrogen and oxygen atoms in total. The highest BCUT2D eigenvalue weighted by molar-refractivity contribution is 5.29. The molecular formula is C11H16FNO. The Labute approximate surface area is 83.6 Å². The lowest BCUT2D eigenvalue weighted by Crippen LogP contribution is -2.14. The van der Waals surface area contributed by atoms with Crippen molar-refractivity contribution in [3.63, 3.8) is 0 Å². The lowest BCUT2D eigenvalue weighted by atomic mass is 9.98. The SMILES string of the molecule is CC(F)Cc1ccccc1C(O)CN. The van der Waals surface area contributed by atoms with Crippen molar-refractivity contribution in [1.29, 1.82) is 0 Å². The first-order valence-corrected chi connectivity index (χ1v) is 4.75. The second-order valence-electron chi connectivity index (χ2n) is 3.44. The van der Waals surface area contributed by atoms with Crippen LogP contribution in [0.1, 0.15) is 24.2 Å². The van der Waals surface area contributed by atoms with Gasteiger partial charge in [-0.25, -0.2) is 4.39 Å². The van der Waals surface area contributed by atoms with Crippen LogP contribution in [0, 0.1) is 0 Å². The van der Waals surface area contributed by atoms with Gasteiger partial charge in [-0.2, -0.15) is 0 Å². The molecule has 1 aromatic carbocycles. The van der Waals surface area contributed by atoms with Crippen LogP contribution in [0.4, 0.5) is 4.39 Å². The van der Waals surface area contributed by atoms with Crippen molar-refractivity contribution in [3.05, 3.63) is 35.4 Å². The summed E-state index contributed by atoms with van der Waals surface area (Å²) in [6, 6.07) is 7.27. The zero-order valence-corrected chi connectivity index (χ0v) is 8.28. The number of aliphatic hydroxyl groups is 1. The first-order chi connectivity index (χ1) is 6.65. The Hall–Kier alpha value is -0.930. The Balaban J connectivity index is 2.91. The van der Waals surface area contributed by atoms with Gasteiger partial charge in [0.25, 0.3) is 0 Å². The van der Waals surface area contributed by atoms with Gasteiger partial charge in [0.05, 0.1) is 6.10 Å². The van der Waals surface area contributed by atoms with E-state index in [1.807, 2.05) is 18.2 Å². The van der Waals surface area contributed by atoms with Gasteiger partial charge < -0.3 is 10.8 Å². The van der Waals surface area contributed by atoms with Crippen molar-refractivity contribution in [2.45, 2.75) is 25.6 Å². The van der Waals surface area contributed by atoms with Crippen molar-refractivity contribution in [1.82, 2.24) is 0 Å². The number of aliphatic hydroxyl groups excluding tert-OH is 1. The minimum atomic E-state index is -0.902. The molecule has 2 atom stereocenters. The zero-order chi connectivity index (χ0) is 10.6. The molecule has 0 amide bonds. The lowest BCUT2D eigenvalue weighted by molar-refractivity contribution is 0.185. The van der Waals surface area contributed by atoms with E-state index in [4.69, 9.17) is 5.73 Å². The van der Waals surface area contributed by atoms with E-state index >= 15 is 0 Å². The topological polar surface area (TPSA) is 46.2 Å². The van der Waals surface area contributed by atoms with Gasteiger partial charge in [-0.1, -0.05) is 24.3 Å². The summed E-state index contributed by atoms with van der Waals surface area (Å²) in [4.78, 5) is 0. The second-order valence-corrected chi connectivity index (χ2v) is 3.44. The molecule has 0 aliphatic heterocycles. The summed E-state index contributed by atoms with van der Waals surface area (Å²) in [5, 5.41) is 9.58. The third kappa shape index (κ3) is 2.79. The fourth-order valence-corrected chi connectivity index (χ4v) is 1.48. The molecule has 78 valence electrons. The molecule has 0 saturated heterocycles. The van der Waals surface area contributed by atoms with Gasteiger partial charge >= 0.3 is 0 Å². The summed E-state index contributed by atoms with van der Waals surface area (Å²) in [6.45, 7) is 1.67. The number of halogens is 1. The van der Waals surface area contributed by atoms with E-state index in [0.29, 0.717) is 6.42 Å². The predicted molar refractivity (Wildman–Crippen MR) is 54.7 cm³/mol. The molecule has 0 aliphatic rings. The maximum atomic E-state index is 12.8. The lowest BCUT2D eigenvalue weighted by Gasteiger charge is -2.14. The van der Waals surface area contributed by atoms with Gasteiger partial charge in [-0.3, -0.25) is 0 Å². The Morgan fingerprint density at radius 3 is 2.64 bits per heavy atom. The van der Waals surface area contributed by atoms with Crippen LogP contribution in [0.25, 0.3) is 0 Å². The molecule has 0 aliphatic carbocycles. The number of nitrogens with two attached hydrogens (primary N) is 1. The second kappa shape index (κ2) is 5.08. The predicted octanol–water partition coefficient (Wildman–Crippen LogP) is 1.58. The summed E-state index contributed by atoms with van der Waals surface area (Å²) in [5.74, 6) is 0. The number of benzene rings is 1. The fourth-order valence-electron chi connectivity index (χ4n) is 1.48. The zero-order valence-electron chi connectivity index (χ0n) is 8.28. The van der Waals surface area contributed by atoms with E-state index in [9.17, 15) is 9.50 Å². The van der Waals surface area contributed by atoms with Gasteiger partial charge in [0, 0.05) is 13.0 Å². The molecule has 14 heavy (non-hydrogen) atoms. The Morgan fingerprint density at radius 1 is 1.43 bits per heavy atom. The molecule has 3 N–H and O–H groups in total. The molecule has 0 saturated carbocycles. The highest BCUT2D eigenvalue weighted by Crippen LogP contribution is 2.19. The quantitative estimate of drug-likeness (QED) is 0.769. The number of hydrogen-bond acceptors (Lipinski definition) is 2. The summed E-state index contributed by atoms with van der Waals surface area (Å²) in [6.07, 6.45) is -1.26. The molecule has 0 fully saturated rings. The number of alkyl halides is 1. The van der Waals surface area contributed by atoms with Crippen molar-refractivity contribution in [3.8, 4) is 0 Å². The van der Waals surface area contributed by atoms with E-state index in [1.54, 1.807) is 6.07 Å². The van der Waals surface area contributed by atoms with Crippen LogP contribution in [-0.4, -0.2) is 17.8 Å². The molecule has 0 aromatic heterocycles. The van der Waals surface area contributed by atoms with Crippen LogP contribution in [0.15, 0.2) is 24.3 Å². The van der Waals surface area contributed by atoms with Crippen molar-refractivity contribution < 1.29 is 9.50 Å². The number of hydrogen-bond donors (Lipinski definition) is 2. The van der Waals surface area contributed by atoms with E-state index in [0.717, 1.165) is 11.1 Å². The molecule has 3 heteroatoms. The van der Waals surface area contributed by atoms with Gasteiger partial charge in [0.1, 0.15) is 6.17 Å². The molecule has 1 aromatic rings. The highest BCUT2D eigenvalue weighted by Gasteiger charge is 2.11. The fraction of sp³-hybridized carbons (Fsp3) is 0.455. The summed E-state index contributed by atoms with van der Waals surface area (Å²) in [5.41, 5.74) is 6.93. The molecule has 0 bridgehead atoms. The smallest absolute Gasteiger partial charge is 0.101 e. The average molecular weight is 197 g/mol. The molecule has 1 rings (SSSR count). The van der Waals surface area contributed by atoms with Gasteiger partial charge in [-0.05, 0) is 18.1 Å². The first kappa shape index (κ1) is 11.1. The average Bonchev–Trinajstić information content (AvgIpc) is 2.16. The van der Waals surface area contributed by atoms with Gasteiger partial charge in [0.15, 0.2) is 0 Å². The van der Waals surface area contributed by atoms with Crippen LogP contribution in [0.3, 0.4) is 0 Å². The largest absolute Gasteiger partial charge is 0.387 e. The monoisotopic (exact) mass is 197 g/mol. The normalized spacial score (nSPS) is 15.1. The van der Waals surface area contributed by atoms with E-state index in [2.05, 4.69) is 0 Å². The summed E-state index contributed by atoms with van der Waals surface area (Å²) in [7, 11) is 0. The molecule has 2 unspecified atom stereocenters. The van der Waals surface area contributed by atoms with Crippen LogP contribution >= 0.6 is 0 Å². The van der Waals surface area contributed by atoms with Gasteiger partial charge in [0.2, 0.25) is 0 Å². The van der Waals surface area contributed by atoms with Crippen molar-refractivity contribution in [2.24, 2.45) is 5.73 Å². The third-order valence-corrected chi connectivity index (χ3v) is 2.14. The highest BCUT2D eigenvalue weighted by atomic mass is 19.1. The van der Waals surface area contributed by atoms with E-state index < -0.39 is 12.3 Å². The Bertz CT molecular complexity index is 288. The molecule has 0 heterocycles. The summed E-state index contributed by atoms with van der Waals surface area (Å²) < 4.78 is 12.8. The standard InChI is InChI=1S/C11H16FNO/c1-8(12)6-9-4-2-3-5-10(9)11(14)7-13/h2-5,8,11,14H,6-7,13H2,1H3.